The lowest BCUT2D eigenvalue weighted by atomic mass is 10.1. The Bertz CT molecular complexity index is 1470. The van der Waals surface area contributed by atoms with Gasteiger partial charge in [-0.05, 0) is 77.0 Å². The van der Waals surface area contributed by atoms with Crippen molar-refractivity contribution in [3.63, 3.8) is 0 Å². The van der Waals surface area contributed by atoms with E-state index >= 15 is 0 Å². The summed E-state index contributed by atoms with van der Waals surface area (Å²) in [6.07, 6.45) is 69.3. The number of carbonyl (C=O) groups excluding carboxylic acids is 3. The molecule has 0 saturated heterocycles. The number of allylic oxidation sites excluding steroid dienone is 26. The van der Waals surface area contributed by atoms with Crippen LogP contribution < -0.4 is 0 Å². The predicted molar refractivity (Wildman–Crippen MR) is 260 cm³/mol. The van der Waals surface area contributed by atoms with Crippen molar-refractivity contribution in [2.75, 3.05) is 13.2 Å². The van der Waals surface area contributed by atoms with Crippen LogP contribution in [0.25, 0.3) is 0 Å². The van der Waals surface area contributed by atoms with E-state index in [0.717, 1.165) is 96.3 Å². The van der Waals surface area contributed by atoms with Crippen LogP contribution >= 0.6 is 0 Å². The summed E-state index contributed by atoms with van der Waals surface area (Å²) in [7, 11) is 0. The molecule has 1 atom stereocenters. The van der Waals surface area contributed by atoms with Gasteiger partial charge in [0, 0.05) is 19.3 Å². The van der Waals surface area contributed by atoms with E-state index in [4.69, 9.17) is 14.2 Å². The van der Waals surface area contributed by atoms with E-state index in [9.17, 15) is 14.4 Å². The lowest BCUT2D eigenvalue weighted by Gasteiger charge is -2.18. The summed E-state index contributed by atoms with van der Waals surface area (Å²) in [5.74, 6) is -1.05. The predicted octanol–water partition coefficient (Wildman–Crippen LogP) is 15.1. The molecule has 61 heavy (non-hydrogen) atoms. The van der Waals surface area contributed by atoms with Gasteiger partial charge in [0.15, 0.2) is 6.10 Å². The van der Waals surface area contributed by atoms with Gasteiger partial charge in [-0.25, -0.2) is 0 Å². The zero-order valence-corrected chi connectivity index (χ0v) is 38.1. The SMILES string of the molecule is CC/C=C/C=C/C=C/C=C/C=C/CCCCCC(=O)OCC(COC(=O)CCCCCCC/C=C/C=C/C=C/CC)OC(=O)CCCCC/C=C/C=C/C=C/C=C/C=C/CC. The van der Waals surface area contributed by atoms with Crippen LogP contribution in [0.3, 0.4) is 0 Å². The fourth-order valence-corrected chi connectivity index (χ4v) is 5.42. The third-order valence-electron chi connectivity index (χ3n) is 8.83. The minimum Gasteiger partial charge on any atom is -0.462 e. The Morgan fingerprint density at radius 3 is 0.934 bits per heavy atom. The lowest BCUT2D eigenvalue weighted by molar-refractivity contribution is -0.167. The largest absolute Gasteiger partial charge is 0.462 e. The monoisotopic (exact) mass is 837 g/mol. The molecular weight excluding hydrogens is 757 g/mol. The van der Waals surface area contributed by atoms with Gasteiger partial charge in [-0.3, -0.25) is 14.4 Å². The second-order valence-electron chi connectivity index (χ2n) is 14.5. The van der Waals surface area contributed by atoms with Crippen molar-refractivity contribution >= 4 is 17.9 Å². The van der Waals surface area contributed by atoms with Crippen molar-refractivity contribution in [2.24, 2.45) is 0 Å². The molecule has 1 unspecified atom stereocenters. The first kappa shape index (κ1) is 56.0. The van der Waals surface area contributed by atoms with Gasteiger partial charge in [-0.2, -0.15) is 0 Å². The molecule has 0 aliphatic heterocycles. The van der Waals surface area contributed by atoms with Crippen molar-refractivity contribution in [3.05, 3.63) is 158 Å². The summed E-state index contributed by atoms with van der Waals surface area (Å²) < 4.78 is 16.6. The molecule has 0 bridgehead atoms. The summed E-state index contributed by atoms with van der Waals surface area (Å²) in [5.41, 5.74) is 0. The third-order valence-corrected chi connectivity index (χ3v) is 8.83. The lowest BCUT2D eigenvalue weighted by Crippen LogP contribution is -2.30. The van der Waals surface area contributed by atoms with Crippen LogP contribution in [0.1, 0.15) is 149 Å². The molecule has 336 valence electrons. The quantitative estimate of drug-likeness (QED) is 0.0267. The van der Waals surface area contributed by atoms with Gasteiger partial charge in [0.25, 0.3) is 0 Å². The van der Waals surface area contributed by atoms with Gasteiger partial charge in [-0.1, -0.05) is 211 Å². The van der Waals surface area contributed by atoms with Crippen molar-refractivity contribution in [2.45, 2.75) is 155 Å². The number of hydrogen-bond acceptors (Lipinski definition) is 6. The zero-order chi connectivity index (χ0) is 44.4. The molecule has 6 nitrogen and oxygen atoms in total. The van der Waals surface area contributed by atoms with E-state index < -0.39 is 6.10 Å². The van der Waals surface area contributed by atoms with Crippen LogP contribution in [-0.2, 0) is 28.6 Å². The fraction of sp³-hybridized carbons (Fsp3) is 0.473. The highest BCUT2D eigenvalue weighted by Crippen LogP contribution is 2.11. The molecular formula is C55H80O6. The minimum absolute atomic E-state index is 0.129. The van der Waals surface area contributed by atoms with E-state index in [1.54, 1.807) is 0 Å². The number of unbranched alkanes of at least 4 members (excludes halogenated alkanes) is 11. The van der Waals surface area contributed by atoms with Crippen molar-refractivity contribution in [3.8, 4) is 0 Å². The number of rotatable bonds is 38. The number of ether oxygens (including phenoxy) is 3. The number of esters is 3. The molecule has 0 N–H and O–H groups in total. The molecule has 0 radical (unpaired) electrons. The fourth-order valence-electron chi connectivity index (χ4n) is 5.42. The highest BCUT2D eigenvalue weighted by atomic mass is 16.6. The van der Waals surface area contributed by atoms with E-state index in [1.165, 1.54) is 0 Å². The maximum Gasteiger partial charge on any atom is 0.306 e. The smallest absolute Gasteiger partial charge is 0.306 e. The van der Waals surface area contributed by atoms with Gasteiger partial charge in [0.1, 0.15) is 13.2 Å². The van der Waals surface area contributed by atoms with Crippen LogP contribution in [0.2, 0.25) is 0 Å². The first-order valence-corrected chi connectivity index (χ1v) is 23.2. The average molecular weight is 837 g/mol. The molecule has 0 fully saturated rings. The van der Waals surface area contributed by atoms with Crippen LogP contribution in [0.5, 0.6) is 0 Å². The first-order chi connectivity index (χ1) is 30.0. The molecule has 0 aromatic carbocycles. The Hall–Kier alpha value is -4.97. The summed E-state index contributed by atoms with van der Waals surface area (Å²) in [4.78, 5) is 37.8. The highest BCUT2D eigenvalue weighted by molar-refractivity contribution is 5.71. The van der Waals surface area contributed by atoms with Gasteiger partial charge in [0.2, 0.25) is 0 Å². The molecule has 0 aliphatic rings. The maximum absolute atomic E-state index is 12.7. The molecule has 0 saturated carbocycles. The highest BCUT2D eigenvalue weighted by Gasteiger charge is 2.19. The van der Waals surface area contributed by atoms with Crippen LogP contribution in [0.4, 0.5) is 0 Å². The normalized spacial score (nSPS) is 13.6. The van der Waals surface area contributed by atoms with Gasteiger partial charge < -0.3 is 14.2 Å². The number of hydrogen-bond donors (Lipinski definition) is 0. The molecule has 0 amide bonds. The number of carbonyl (C=O) groups is 3. The minimum atomic E-state index is -0.833. The van der Waals surface area contributed by atoms with Crippen LogP contribution in [0.15, 0.2) is 158 Å². The first-order valence-electron chi connectivity index (χ1n) is 23.2. The topological polar surface area (TPSA) is 78.9 Å². The average Bonchev–Trinajstić information content (AvgIpc) is 3.26. The van der Waals surface area contributed by atoms with E-state index in [2.05, 4.69) is 75.5 Å². The molecule has 6 heteroatoms. The molecule has 0 rings (SSSR count). The maximum atomic E-state index is 12.7. The Balaban J connectivity index is 4.64. The molecule has 0 spiro atoms. The van der Waals surface area contributed by atoms with E-state index in [-0.39, 0.29) is 44.0 Å². The van der Waals surface area contributed by atoms with Crippen LogP contribution in [0, 0.1) is 0 Å². The van der Waals surface area contributed by atoms with Gasteiger partial charge >= 0.3 is 17.9 Å². The van der Waals surface area contributed by atoms with E-state index in [0.29, 0.717) is 19.3 Å². The van der Waals surface area contributed by atoms with E-state index in [1.807, 2.05) is 103 Å². The molecule has 0 aromatic heterocycles. The Morgan fingerprint density at radius 1 is 0.328 bits per heavy atom. The Kier molecular flexibility index (Phi) is 43.8. The Labute approximate surface area is 371 Å². The summed E-state index contributed by atoms with van der Waals surface area (Å²) in [5, 5.41) is 0. The molecule has 0 aliphatic carbocycles. The van der Waals surface area contributed by atoms with Gasteiger partial charge in [-0.15, -0.1) is 0 Å². The Morgan fingerprint density at radius 2 is 0.590 bits per heavy atom. The molecule has 0 heterocycles. The van der Waals surface area contributed by atoms with Crippen molar-refractivity contribution in [1.29, 1.82) is 0 Å². The summed E-state index contributed by atoms with van der Waals surface area (Å²) >= 11 is 0. The van der Waals surface area contributed by atoms with Gasteiger partial charge in [0.05, 0.1) is 0 Å². The summed E-state index contributed by atoms with van der Waals surface area (Å²) in [6, 6.07) is 0. The standard InChI is InChI=1S/C55H80O6/c1-4-7-10-13-16-19-22-25-27-30-33-36-39-42-45-48-54(57)60-51-52(50-59-53(56)47-44-41-38-35-32-29-24-21-18-15-12-9-6-3)61-55(58)49-46-43-40-37-34-31-28-26-23-20-17-14-11-8-5-2/h7-28,30-31,33-34,52H,4-6,29,32,35-51H2,1-3H3/b10-7+,11-8+,12-9+,16-13+,17-14+,18-15+,22-19+,23-20+,24-21+,27-25+,28-26+,33-30+,34-31+. The zero-order valence-electron chi connectivity index (χ0n) is 38.1. The second kappa shape index (κ2) is 47.7. The van der Waals surface area contributed by atoms with Crippen molar-refractivity contribution < 1.29 is 28.6 Å². The van der Waals surface area contributed by atoms with Crippen LogP contribution in [-0.4, -0.2) is 37.2 Å². The molecule has 0 aromatic rings. The summed E-state index contributed by atoms with van der Waals surface area (Å²) in [6.45, 7) is 6.08. The third kappa shape index (κ3) is 46.0. The van der Waals surface area contributed by atoms with Crippen molar-refractivity contribution in [1.82, 2.24) is 0 Å². The second-order valence-corrected chi connectivity index (χ2v) is 14.5.